The fraction of sp³-hybridized carbons (Fsp3) is 0.545. The Labute approximate surface area is 193 Å². The number of carbonyl (C=O) groups excluding carboxylic acids is 1. The van der Waals surface area contributed by atoms with Crippen molar-refractivity contribution in [3.8, 4) is 0 Å². The van der Waals surface area contributed by atoms with Crippen molar-refractivity contribution >= 4 is 17.2 Å². The molecule has 2 aliphatic rings. The molecule has 0 spiro atoms. The summed E-state index contributed by atoms with van der Waals surface area (Å²) in [5.41, 5.74) is -1.65. The van der Waals surface area contributed by atoms with Gasteiger partial charge in [0, 0.05) is 30.7 Å². The molecule has 7 nitrogen and oxygen atoms in total. The van der Waals surface area contributed by atoms with Crippen LogP contribution in [0.5, 0.6) is 0 Å². The molecule has 1 aliphatic carbocycles. The van der Waals surface area contributed by atoms with Gasteiger partial charge in [-0.05, 0) is 43.4 Å². The van der Waals surface area contributed by atoms with Crippen molar-refractivity contribution in [1.29, 1.82) is 0 Å². The third kappa shape index (κ3) is 5.72. The average Bonchev–Trinajstić information content (AvgIpc) is 3.31. The smallest absolute Gasteiger partial charge is 0.383 e. The van der Waals surface area contributed by atoms with E-state index in [4.69, 9.17) is 0 Å². The minimum Gasteiger partial charge on any atom is -0.383 e. The standard InChI is InChI=1S/C22H27F3N4O3S/c23-22(24,25)15-3-1-2-14(10-15)19(31)27-11-18(30)28-16-12-29(13-16)17-4-6-21(32,7-5-17)20-26-8-9-33-20/h1-3,8-10,16-17,19,27,31-32H,4-7,11-13H2,(H,28,30). The van der Waals surface area contributed by atoms with Gasteiger partial charge in [0.1, 0.15) is 16.8 Å². The SMILES string of the molecule is O=C(CNC(O)c1cccc(C(F)(F)F)c1)NC1CN(C2CCC(O)(c3nccs3)CC2)C1. The topological polar surface area (TPSA) is 97.7 Å². The van der Waals surface area contributed by atoms with Crippen LogP contribution in [0.25, 0.3) is 0 Å². The lowest BCUT2D eigenvalue weighted by Gasteiger charge is -2.47. The minimum atomic E-state index is -4.50. The van der Waals surface area contributed by atoms with Crippen molar-refractivity contribution < 1.29 is 28.2 Å². The number of likely N-dealkylation sites (tertiary alicyclic amines) is 1. The minimum absolute atomic E-state index is 0.00947. The van der Waals surface area contributed by atoms with E-state index in [9.17, 15) is 28.2 Å². The summed E-state index contributed by atoms with van der Waals surface area (Å²) in [5, 5.41) is 29.0. The van der Waals surface area contributed by atoms with Crippen LogP contribution in [-0.2, 0) is 16.6 Å². The van der Waals surface area contributed by atoms with E-state index in [-0.39, 0.29) is 24.1 Å². The van der Waals surface area contributed by atoms with Gasteiger partial charge in [-0.15, -0.1) is 11.3 Å². The maximum absolute atomic E-state index is 12.8. The Balaban J connectivity index is 1.17. The Morgan fingerprint density at radius 3 is 2.67 bits per heavy atom. The molecule has 1 atom stereocenters. The summed E-state index contributed by atoms with van der Waals surface area (Å²) in [6.07, 6.45) is -1.12. The molecular formula is C22H27F3N4O3S. The van der Waals surface area contributed by atoms with Crippen LogP contribution < -0.4 is 10.6 Å². The number of carbonyl (C=O) groups is 1. The van der Waals surface area contributed by atoms with E-state index in [1.54, 1.807) is 6.20 Å². The molecule has 1 aromatic heterocycles. The first-order valence-electron chi connectivity index (χ1n) is 10.9. The molecule has 2 fully saturated rings. The highest BCUT2D eigenvalue weighted by atomic mass is 32.1. The highest BCUT2D eigenvalue weighted by molar-refractivity contribution is 7.09. The first kappa shape index (κ1) is 24.1. The molecule has 11 heteroatoms. The average molecular weight is 485 g/mol. The van der Waals surface area contributed by atoms with Crippen LogP contribution in [-0.4, -0.2) is 57.7 Å². The van der Waals surface area contributed by atoms with E-state index in [0.29, 0.717) is 32.0 Å². The second-order valence-electron chi connectivity index (χ2n) is 8.73. The summed E-state index contributed by atoms with van der Waals surface area (Å²) in [4.78, 5) is 18.7. The second-order valence-corrected chi connectivity index (χ2v) is 9.62. The molecule has 180 valence electrons. The van der Waals surface area contributed by atoms with Crippen molar-refractivity contribution in [2.75, 3.05) is 19.6 Å². The van der Waals surface area contributed by atoms with E-state index >= 15 is 0 Å². The Hall–Kier alpha value is -2.05. The summed E-state index contributed by atoms with van der Waals surface area (Å²) < 4.78 is 38.5. The quantitative estimate of drug-likeness (QED) is 0.451. The van der Waals surface area contributed by atoms with Crippen LogP contribution in [0, 0.1) is 0 Å². The summed E-state index contributed by atoms with van der Waals surface area (Å²) in [6, 6.07) is 4.73. The first-order chi connectivity index (χ1) is 15.6. The number of amides is 1. The summed E-state index contributed by atoms with van der Waals surface area (Å²) in [6.45, 7) is 1.21. The number of hydrogen-bond donors (Lipinski definition) is 4. The molecule has 1 aliphatic heterocycles. The van der Waals surface area contributed by atoms with E-state index in [2.05, 4.69) is 20.5 Å². The zero-order chi connectivity index (χ0) is 23.6. The number of halogens is 3. The zero-order valence-electron chi connectivity index (χ0n) is 17.9. The van der Waals surface area contributed by atoms with Crippen LogP contribution in [0.3, 0.4) is 0 Å². The number of aliphatic hydroxyl groups excluding tert-OH is 1. The van der Waals surface area contributed by atoms with Gasteiger partial charge in [0.2, 0.25) is 5.91 Å². The largest absolute Gasteiger partial charge is 0.416 e. The molecule has 0 radical (unpaired) electrons. The number of rotatable bonds is 7. The van der Waals surface area contributed by atoms with Crippen LogP contribution in [0.1, 0.15) is 48.0 Å². The molecule has 1 saturated heterocycles. The van der Waals surface area contributed by atoms with Gasteiger partial charge in [0.25, 0.3) is 0 Å². The van der Waals surface area contributed by atoms with E-state index in [0.717, 1.165) is 30.0 Å². The van der Waals surface area contributed by atoms with Crippen LogP contribution in [0.2, 0.25) is 0 Å². The van der Waals surface area contributed by atoms with Gasteiger partial charge < -0.3 is 15.5 Å². The van der Waals surface area contributed by atoms with Crippen LogP contribution in [0.15, 0.2) is 35.8 Å². The Bertz CT molecular complexity index is 943. The van der Waals surface area contributed by atoms with Crippen molar-refractivity contribution in [3.63, 3.8) is 0 Å². The van der Waals surface area contributed by atoms with Gasteiger partial charge in [0.15, 0.2) is 0 Å². The summed E-state index contributed by atoms with van der Waals surface area (Å²) >= 11 is 1.48. The highest BCUT2D eigenvalue weighted by Crippen LogP contribution is 2.40. The van der Waals surface area contributed by atoms with E-state index in [1.165, 1.54) is 23.5 Å². The fourth-order valence-corrected chi connectivity index (χ4v) is 5.28. The number of nitrogens with one attached hydrogen (secondary N) is 2. The van der Waals surface area contributed by atoms with Crippen LogP contribution >= 0.6 is 11.3 Å². The molecule has 2 aromatic rings. The lowest BCUT2D eigenvalue weighted by Crippen LogP contribution is -2.63. The zero-order valence-corrected chi connectivity index (χ0v) is 18.7. The van der Waals surface area contributed by atoms with Crippen molar-refractivity contribution in [2.45, 2.75) is 55.8 Å². The number of nitrogens with zero attached hydrogens (tertiary/aromatic N) is 2. The van der Waals surface area contributed by atoms with Gasteiger partial charge in [-0.25, -0.2) is 4.98 Å². The van der Waals surface area contributed by atoms with Gasteiger partial charge in [0.05, 0.1) is 18.2 Å². The number of aliphatic hydroxyl groups is 2. The summed E-state index contributed by atoms with van der Waals surface area (Å²) in [7, 11) is 0. The molecule has 0 bridgehead atoms. The molecule has 1 unspecified atom stereocenters. The molecule has 2 heterocycles. The van der Waals surface area contributed by atoms with Gasteiger partial charge >= 0.3 is 6.18 Å². The normalized spacial score (nSPS) is 25.4. The molecule has 1 aromatic carbocycles. The Morgan fingerprint density at radius 1 is 1.30 bits per heavy atom. The monoisotopic (exact) mass is 484 g/mol. The molecule has 1 amide bonds. The Morgan fingerprint density at radius 2 is 2.03 bits per heavy atom. The lowest BCUT2D eigenvalue weighted by atomic mass is 9.81. The highest BCUT2D eigenvalue weighted by Gasteiger charge is 2.41. The number of alkyl halides is 3. The predicted octanol–water partition coefficient (Wildman–Crippen LogP) is 2.37. The number of aromatic nitrogens is 1. The number of benzene rings is 1. The third-order valence-corrected chi connectivity index (χ3v) is 7.36. The molecule has 4 rings (SSSR count). The van der Waals surface area contributed by atoms with Crippen molar-refractivity contribution in [2.24, 2.45) is 0 Å². The van der Waals surface area contributed by atoms with Crippen molar-refractivity contribution in [1.82, 2.24) is 20.5 Å². The molecular weight excluding hydrogens is 457 g/mol. The fourth-order valence-electron chi connectivity index (χ4n) is 4.49. The molecule has 4 N–H and O–H groups in total. The third-order valence-electron chi connectivity index (χ3n) is 6.39. The Kier molecular flexibility index (Phi) is 7.06. The van der Waals surface area contributed by atoms with E-state index in [1.807, 2.05) is 5.38 Å². The first-order valence-corrected chi connectivity index (χ1v) is 11.8. The van der Waals surface area contributed by atoms with Gasteiger partial charge in [-0.2, -0.15) is 13.2 Å². The van der Waals surface area contributed by atoms with Gasteiger partial charge in [-0.3, -0.25) is 15.0 Å². The van der Waals surface area contributed by atoms with Crippen molar-refractivity contribution in [3.05, 3.63) is 52.0 Å². The predicted molar refractivity (Wildman–Crippen MR) is 116 cm³/mol. The number of thiazole rings is 1. The maximum atomic E-state index is 12.8. The van der Waals surface area contributed by atoms with Crippen LogP contribution in [0.4, 0.5) is 13.2 Å². The van der Waals surface area contributed by atoms with E-state index < -0.39 is 23.6 Å². The lowest BCUT2D eigenvalue weighted by molar-refractivity contribution is -0.137. The van der Waals surface area contributed by atoms with Gasteiger partial charge in [-0.1, -0.05) is 12.1 Å². The molecule has 33 heavy (non-hydrogen) atoms. The molecule has 1 saturated carbocycles. The summed E-state index contributed by atoms with van der Waals surface area (Å²) in [5.74, 6) is -0.326. The maximum Gasteiger partial charge on any atom is 0.416 e. The second kappa shape index (κ2) is 9.67. The number of hydrogen-bond acceptors (Lipinski definition) is 7.